The van der Waals surface area contributed by atoms with Gasteiger partial charge in [0.05, 0.1) is 5.56 Å². The molecule has 1 aromatic carbocycles. The van der Waals surface area contributed by atoms with Gasteiger partial charge in [0.15, 0.2) is 0 Å². The van der Waals surface area contributed by atoms with Crippen molar-refractivity contribution >= 4 is 29.0 Å². The molecule has 198 valence electrons. The van der Waals surface area contributed by atoms with E-state index in [0.29, 0.717) is 36.2 Å². The zero-order valence-corrected chi connectivity index (χ0v) is 20.7. The Kier molecular flexibility index (Phi) is 7.60. The van der Waals surface area contributed by atoms with Gasteiger partial charge in [-0.15, -0.1) is 0 Å². The Morgan fingerprint density at radius 3 is 2.53 bits per heavy atom. The van der Waals surface area contributed by atoms with Crippen molar-refractivity contribution in [2.45, 2.75) is 32.9 Å². The number of amides is 2. The van der Waals surface area contributed by atoms with E-state index in [4.69, 9.17) is 10.7 Å². The van der Waals surface area contributed by atoms with Crippen LogP contribution in [0.4, 0.5) is 24.8 Å². The van der Waals surface area contributed by atoms with Crippen molar-refractivity contribution in [1.29, 1.82) is 0 Å². The van der Waals surface area contributed by atoms with Gasteiger partial charge in [0.2, 0.25) is 5.91 Å². The molecule has 0 bridgehead atoms. The molecule has 0 aliphatic heterocycles. The topological polar surface area (TPSA) is 127 Å². The van der Waals surface area contributed by atoms with Crippen LogP contribution in [0.1, 0.15) is 42.0 Å². The minimum atomic E-state index is -4.55. The van der Waals surface area contributed by atoms with Crippen LogP contribution in [-0.4, -0.2) is 37.7 Å². The molecule has 0 saturated heterocycles. The van der Waals surface area contributed by atoms with Crippen molar-refractivity contribution in [3.05, 3.63) is 71.9 Å². The second-order valence-electron chi connectivity index (χ2n) is 8.83. The van der Waals surface area contributed by atoms with Gasteiger partial charge < -0.3 is 16.4 Å². The maximum absolute atomic E-state index is 13.0. The van der Waals surface area contributed by atoms with Crippen molar-refractivity contribution < 1.29 is 22.8 Å². The van der Waals surface area contributed by atoms with E-state index in [1.807, 2.05) is 11.3 Å². The average Bonchev–Trinajstić information content (AvgIpc) is 3.26. The molecule has 0 fully saturated rings. The number of hydrogen-bond donors (Lipinski definition) is 3. The molecule has 0 aliphatic rings. The van der Waals surface area contributed by atoms with Gasteiger partial charge in [-0.1, -0.05) is 26.0 Å². The Hall–Kier alpha value is -4.48. The number of halogens is 3. The summed E-state index contributed by atoms with van der Waals surface area (Å²) in [6, 6.07) is 8.04. The fourth-order valence-electron chi connectivity index (χ4n) is 3.91. The molecule has 12 heteroatoms. The highest BCUT2D eigenvalue weighted by molar-refractivity contribution is 6.04. The van der Waals surface area contributed by atoms with E-state index in [1.165, 1.54) is 0 Å². The Bertz CT molecular complexity index is 1470. The number of rotatable bonds is 8. The summed E-state index contributed by atoms with van der Waals surface area (Å²) in [6.45, 7) is 4.30. The van der Waals surface area contributed by atoms with Crippen molar-refractivity contribution in [3.8, 4) is 11.3 Å². The number of hydrogen-bond acceptors (Lipinski definition) is 6. The number of carbonyl (C=O) groups is 2. The second kappa shape index (κ2) is 10.9. The number of fused-ring (bicyclic) bond motifs is 1. The number of carbonyl (C=O) groups excluding carboxylic acids is 2. The molecule has 38 heavy (non-hydrogen) atoms. The van der Waals surface area contributed by atoms with E-state index in [-0.39, 0.29) is 29.0 Å². The molecule has 3 heterocycles. The Morgan fingerprint density at radius 1 is 1.11 bits per heavy atom. The largest absolute Gasteiger partial charge is 0.416 e. The minimum Gasteiger partial charge on any atom is -0.382 e. The fourth-order valence-corrected chi connectivity index (χ4v) is 3.91. The number of alkyl halides is 3. The molecule has 4 rings (SSSR count). The highest BCUT2D eigenvalue weighted by Gasteiger charge is 2.31. The normalized spacial score (nSPS) is 12.3. The Labute approximate surface area is 216 Å². The lowest BCUT2D eigenvalue weighted by atomic mass is 10.1. The van der Waals surface area contributed by atoms with Gasteiger partial charge in [-0.3, -0.25) is 14.0 Å². The first kappa shape index (κ1) is 26.6. The number of nitrogens with one attached hydrogen (secondary N) is 2. The van der Waals surface area contributed by atoms with Gasteiger partial charge in [0.25, 0.3) is 5.91 Å². The third kappa shape index (κ3) is 5.90. The standard InChI is InChI=1S/C26H26F3N7O2/c1-3-21(37)33-14-15(2)12-20-35-22(23-24(30)32-10-11-36(20)23)16-4-6-17(7-5-16)25(38)34-19-13-18(8-9-31-19)26(27,28)29/h4-11,13,15H,3,12,14H2,1-2H3,(H2,30,32)(H,33,37)(H,31,34,38). The monoisotopic (exact) mass is 525 g/mol. The van der Waals surface area contributed by atoms with E-state index >= 15 is 0 Å². The van der Waals surface area contributed by atoms with Gasteiger partial charge in [-0.05, 0) is 30.2 Å². The predicted octanol–water partition coefficient (Wildman–Crippen LogP) is 4.35. The molecule has 9 nitrogen and oxygen atoms in total. The summed E-state index contributed by atoms with van der Waals surface area (Å²) in [4.78, 5) is 37.0. The molecule has 3 aromatic heterocycles. The molecule has 1 unspecified atom stereocenters. The summed E-state index contributed by atoms with van der Waals surface area (Å²) in [5, 5.41) is 5.27. The van der Waals surface area contributed by atoms with Gasteiger partial charge in [0, 0.05) is 49.1 Å². The first-order chi connectivity index (χ1) is 18.1. The van der Waals surface area contributed by atoms with Crippen LogP contribution in [0.15, 0.2) is 55.0 Å². The first-order valence-electron chi connectivity index (χ1n) is 11.9. The summed E-state index contributed by atoms with van der Waals surface area (Å²) in [6.07, 6.45) is 0.762. The lowest BCUT2D eigenvalue weighted by molar-refractivity contribution is -0.137. The third-order valence-electron chi connectivity index (χ3n) is 5.91. The van der Waals surface area contributed by atoms with Crippen LogP contribution < -0.4 is 16.4 Å². The van der Waals surface area contributed by atoms with E-state index in [1.54, 1.807) is 43.6 Å². The highest BCUT2D eigenvalue weighted by Crippen LogP contribution is 2.31. The van der Waals surface area contributed by atoms with E-state index in [2.05, 4.69) is 20.6 Å². The molecule has 2 amide bonds. The van der Waals surface area contributed by atoms with Crippen LogP contribution in [-0.2, 0) is 17.4 Å². The van der Waals surface area contributed by atoms with Crippen molar-refractivity contribution in [3.63, 3.8) is 0 Å². The molecule has 0 saturated carbocycles. The molecule has 0 spiro atoms. The minimum absolute atomic E-state index is 0.0214. The smallest absolute Gasteiger partial charge is 0.382 e. The predicted molar refractivity (Wildman–Crippen MR) is 136 cm³/mol. The van der Waals surface area contributed by atoms with E-state index < -0.39 is 17.6 Å². The van der Waals surface area contributed by atoms with Gasteiger partial charge >= 0.3 is 6.18 Å². The number of anilines is 2. The van der Waals surface area contributed by atoms with Gasteiger partial charge in [-0.25, -0.2) is 15.0 Å². The van der Waals surface area contributed by atoms with Gasteiger partial charge in [-0.2, -0.15) is 13.2 Å². The lowest BCUT2D eigenvalue weighted by Gasteiger charge is -2.11. The molecule has 4 aromatic rings. The zero-order chi connectivity index (χ0) is 27.4. The van der Waals surface area contributed by atoms with Crippen LogP contribution in [0.5, 0.6) is 0 Å². The average molecular weight is 526 g/mol. The van der Waals surface area contributed by atoms with E-state index in [0.717, 1.165) is 24.2 Å². The molecular weight excluding hydrogens is 499 g/mol. The first-order valence-corrected chi connectivity index (χ1v) is 11.9. The third-order valence-corrected chi connectivity index (χ3v) is 5.91. The number of nitrogens with zero attached hydrogens (tertiary/aromatic N) is 4. The van der Waals surface area contributed by atoms with Crippen LogP contribution in [0.25, 0.3) is 16.8 Å². The summed E-state index contributed by atoms with van der Waals surface area (Å²) in [5.41, 5.74) is 7.35. The number of pyridine rings is 1. The van der Waals surface area contributed by atoms with E-state index in [9.17, 15) is 22.8 Å². The maximum atomic E-state index is 13.0. The van der Waals surface area contributed by atoms with Crippen molar-refractivity contribution in [1.82, 2.24) is 24.7 Å². The second-order valence-corrected chi connectivity index (χ2v) is 8.83. The Morgan fingerprint density at radius 2 is 1.84 bits per heavy atom. The Balaban J connectivity index is 1.56. The zero-order valence-electron chi connectivity index (χ0n) is 20.7. The summed E-state index contributed by atoms with van der Waals surface area (Å²) < 4.78 is 40.7. The van der Waals surface area contributed by atoms with Crippen LogP contribution in [0, 0.1) is 5.92 Å². The summed E-state index contributed by atoms with van der Waals surface area (Å²) in [7, 11) is 0. The number of nitrogens with two attached hydrogens (primary N) is 1. The van der Waals surface area contributed by atoms with Crippen LogP contribution >= 0.6 is 0 Å². The summed E-state index contributed by atoms with van der Waals surface area (Å²) in [5.74, 6) is 0.288. The quantitative estimate of drug-likeness (QED) is 0.314. The van der Waals surface area contributed by atoms with Crippen LogP contribution in [0.2, 0.25) is 0 Å². The van der Waals surface area contributed by atoms with Crippen molar-refractivity contribution in [2.75, 3.05) is 17.6 Å². The lowest BCUT2D eigenvalue weighted by Crippen LogP contribution is -2.28. The van der Waals surface area contributed by atoms with Crippen molar-refractivity contribution in [2.24, 2.45) is 5.92 Å². The number of imidazole rings is 1. The van der Waals surface area contributed by atoms with Gasteiger partial charge in [0.1, 0.15) is 28.7 Å². The highest BCUT2D eigenvalue weighted by atomic mass is 19.4. The molecule has 1 atom stereocenters. The van der Waals surface area contributed by atoms with Crippen LogP contribution in [0.3, 0.4) is 0 Å². The fraction of sp³-hybridized carbons (Fsp3) is 0.269. The maximum Gasteiger partial charge on any atom is 0.416 e. The SMILES string of the molecule is CCC(=O)NCC(C)Cc1nc(-c2ccc(C(=O)Nc3cc(C(F)(F)F)ccn3)cc2)c2c(N)nccn12. The molecular formula is C26H26F3N7O2. The number of benzene rings is 1. The molecule has 0 radical (unpaired) electrons. The number of nitrogen functional groups attached to an aromatic ring is 1. The molecule has 0 aliphatic carbocycles. The molecule has 4 N–H and O–H groups in total. The summed E-state index contributed by atoms with van der Waals surface area (Å²) >= 11 is 0. The number of aromatic nitrogens is 4.